The number of benzene rings is 1. The monoisotopic (exact) mass is 280 g/mol. The zero-order valence-corrected chi connectivity index (χ0v) is 12.7. The Labute approximate surface area is 125 Å². The van der Waals surface area contributed by atoms with Crippen LogP contribution in [-0.4, -0.2) is 22.8 Å². The van der Waals surface area contributed by atoms with E-state index < -0.39 is 0 Å². The molecule has 1 aromatic heterocycles. The van der Waals surface area contributed by atoms with Gasteiger partial charge in [0.2, 0.25) is 5.91 Å². The van der Waals surface area contributed by atoms with Crippen LogP contribution in [0.5, 0.6) is 0 Å². The van der Waals surface area contributed by atoms with Gasteiger partial charge in [-0.2, -0.15) is 0 Å². The molecular weight excluding hydrogens is 260 g/mol. The van der Waals surface area contributed by atoms with Gasteiger partial charge in [0.1, 0.15) is 0 Å². The third-order valence-electron chi connectivity index (χ3n) is 3.61. The third kappa shape index (κ3) is 4.02. The highest BCUT2D eigenvalue weighted by Gasteiger charge is 2.14. The van der Waals surface area contributed by atoms with Gasteiger partial charge in [-0.1, -0.05) is 29.8 Å². The van der Waals surface area contributed by atoms with Crippen molar-refractivity contribution in [3.8, 4) is 0 Å². The number of aromatic nitrogens is 1. The summed E-state index contributed by atoms with van der Waals surface area (Å²) < 4.78 is 0. The predicted molar refractivity (Wildman–Crippen MR) is 85.6 cm³/mol. The highest BCUT2D eigenvalue weighted by Crippen LogP contribution is 2.19. The van der Waals surface area contributed by atoms with Crippen LogP contribution in [0.15, 0.2) is 54.9 Å². The number of nitrogens with zero attached hydrogens (tertiary/aromatic N) is 2. The summed E-state index contributed by atoms with van der Waals surface area (Å²) in [7, 11) is 1.82. The van der Waals surface area contributed by atoms with Crippen LogP contribution < -0.4 is 0 Å². The van der Waals surface area contributed by atoms with Gasteiger partial charge in [0.25, 0.3) is 0 Å². The minimum Gasteiger partial charge on any atom is -0.335 e. The van der Waals surface area contributed by atoms with Gasteiger partial charge in [-0.3, -0.25) is 9.78 Å². The quantitative estimate of drug-likeness (QED) is 0.801. The fraction of sp³-hybridized carbons (Fsp3) is 0.222. The summed E-state index contributed by atoms with van der Waals surface area (Å²) in [4.78, 5) is 17.9. The molecule has 0 bridgehead atoms. The van der Waals surface area contributed by atoms with Gasteiger partial charge >= 0.3 is 0 Å². The molecule has 0 aliphatic rings. The Balaban J connectivity index is 2.05. The average Bonchev–Trinajstić information content (AvgIpc) is 2.53. The number of amides is 1. The Morgan fingerprint density at radius 1 is 1.14 bits per heavy atom. The van der Waals surface area contributed by atoms with Gasteiger partial charge in [0.15, 0.2) is 0 Å². The molecule has 0 spiro atoms. The van der Waals surface area contributed by atoms with Gasteiger partial charge in [-0.15, -0.1) is 0 Å². The zero-order chi connectivity index (χ0) is 15.2. The predicted octanol–water partition coefficient (Wildman–Crippen LogP) is 3.62. The van der Waals surface area contributed by atoms with Crippen LogP contribution in [0.4, 0.5) is 0 Å². The van der Waals surface area contributed by atoms with Gasteiger partial charge in [-0.05, 0) is 43.2 Å². The van der Waals surface area contributed by atoms with Crippen molar-refractivity contribution in [3.05, 3.63) is 71.6 Å². The summed E-state index contributed by atoms with van der Waals surface area (Å²) in [6, 6.07) is 12.0. The number of pyridine rings is 1. The largest absolute Gasteiger partial charge is 0.335 e. The highest BCUT2D eigenvalue weighted by atomic mass is 16.2. The fourth-order valence-electron chi connectivity index (χ4n) is 2.02. The van der Waals surface area contributed by atoms with E-state index in [2.05, 4.69) is 36.2 Å². The van der Waals surface area contributed by atoms with E-state index in [-0.39, 0.29) is 11.9 Å². The van der Waals surface area contributed by atoms with Crippen molar-refractivity contribution in [1.82, 2.24) is 9.88 Å². The van der Waals surface area contributed by atoms with E-state index in [0.717, 1.165) is 11.1 Å². The summed E-state index contributed by atoms with van der Waals surface area (Å²) in [6.45, 7) is 4.09. The first-order chi connectivity index (χ1) is 10.1. The summed E-state index contributed by atoms with van der Waals surface area (Å²) in [5, 5.41) is 0. The molecule has 21 heavy (non-hydrogen) atoms. The molecule has 2 aromatic rings. The van der Waals surface area contributed by atoms with Crippen LogP contribution in [0.1, 0.15) is 29.7 Å². The molecule has 0 saturated heterocycles. The first kappa shape index (κ1) is 15.0. The number of rotatable bonds is 4. The van der Waals surface area contributed by atoms with E-state index in [1.165, 1.54) is 5.56 Å². The van der Waals surface area contributed by atoms with Gasteiger partial charge in [0, 0.05) is 25.5 Å². The summed E-state index contributed by atoms with van der Waals surface area (Å²) in [5.41, 5.74) is 3.32. The summed E-state index contributed by atoms with van der Waals surface area (Å²) >= 11 is 0. The van der Waals surface area contributed by atoms with Crippen LogP contribution in [0, 0.1) is 6.92 Å². The number of carbonyl (C=O) groups is 1. The summed E-state index contributed by atoms with van der Waals surface area (Å²) in [6.07, 6.45) is 6.83. The Morgan fingerprint density at radius 2 is 1.76 bits per heavy atom. The Bertz CT molecular complexity index is 617. The number of carbonyl (C=O) groups excluding carboxylic acids is 1. The molecule has 0 radical (unpaired) electrons. The van der Waals surface area contributed by atoms with Crippen LogP contribution >= 0.6 is 0 Å². The molecule has 0 N–H and O–H groups in total. The molecular formula is C18H20N2O. The molecule has 1 amide bonds. The Kier molecular flexibility index (Phi) is 4.88. The van der Waals surface area contributed by atoms with E-state index in [0.29, 0.717) is 0 Å². The molecule has 1 aromatic carbocycles. The molecule has 3 nitrogen and oxygen atoms in total. The molecule has 108 valence electrons. The highest BCUT2D eigenvalue weighted by molar-refractivity contribution is 5.91. The molecule has 0 aliphatic carbocycles. The minimum absolute atomic E-state index is 0.0140. The molecule has 0 aliphatic heterocycles. The van der Waals surface area contributed by atoms with Crippen molar-refractivity contribution in [2.45, 2.75) is 19.9 Å². The molecule has 0 fully saturated rings. The van der Waals surface area contributed by atoms with Crippen LogP contribution in [0.3, 0.4) is 0 Å². The first-order valence-corrected chi connectivity index (χ1v) is 6.99. The maximum Gasteiger partial charge on any atom is 0.246 e. The topological polar surface area (TPSA) is 33.2 Å². The lowest BCUT2D eigenvalue weighted by Crippen LogP contribution is -2.27. The van der Waals surface area contributed by atoms with Crippen molar-refractivity contribution in [1.29, 1.82) is 0 Å². The SMILES string of the molecule is Cc1ccc(C(C)N(C)C(=O)/C=C/c2ccncc2)cc1. The second-order valence-corrected chi connectivity index (χ2v) is 5.15. The third-order valence-corrected chi connectivity index (χ3v) is 3.61. The standard InChI is InChI=1S/C18H20N2O/c1-14-4-7-17(8-5-14)15(2)20(3)18(21)9-6-16-10-12-19-13-11-16/h4-13,15H,1-3H3/b9-6+. The van der Waals surface area contributed by atoms with Crippen molar-refractivity contribution in [3.63, 3.8) is 0 Å². The Morgan fingerprint density at radius 3 is 2.38 bits per heavy atom. The second kappa shape index (κ2) is 6.84. The number of hydrogen-bond donors (Lipinski definition) is 0. The van der Waals surface area contributed by atoms with Gasteiger partial charge < -0.3 is 4.90 Å². The zero-order valence-electron chi connectivity index (χ0n) is 12.7. The van der Waals surface area contributed by atoms with E-state index in [4.69, 9.17) is 0 Å². The van der Waals surface area contributed by atoms with Crippen molar-refractivity contribution in [2.75, 3.05) is 7.05 Å². The van der Waals surface area contributed by atoms with Gasteiger partial charge in [-0.25, -0.2) is 0 Å². The van der Waals surface area contributed by atoms with E-state index in [1.54, 1.807) is 23.4 Å². The summed E-state index contributed by atoms with van der Waals surface area (Å²) in [5.74, 6) is -0.0140. The molecule has 1 unspecified atom stereocenters. The smallest absolute Gasteiger partial charge is 0.246 e. The van der Waals surface area contributed by atoms with Gasteiger partial charge in [0.05, 0.1) is 6.04 Å². The molecule has 0 saturated carbocycles. The number of likely N-dealkylation sites (N-methyl/N-ethyl adjacent to an activating group) is 1. The molecule has 3 heteroatoms. The second-order valence-electron chi connectivity index (χ2n) is 5.15. The maximum atomic E-state index is 12.2. The van der Waals surface area contributed by atoms with Crippen LogP contribution in [-0.2, 0) is 4.79 Å². The van der Waals surface area contributed by atoms with Crippen molar-refractivity contribution < 1.29 is 4.79 Å². The van der Waals surface area contributed by atoms with Crippen molar-refractivity contribution in [2.24, 2.45) is 0 Å². The maximum absolute atomic E-state index is 12.2. The van der Waals surface area contributed by atoms with E-state index in [1.807, 2.05) is 32.2 Å². The fourth-order valence-corrected chi connectivity index (χ4v) is 2.02. The lowest BCUT2D eigenvalue weighted by molar-refractivity contribution is -0.126. The molecule has 1 heterocycles. The molecule has 1 atom stereocenters. The molecule has 2 rings (SSSR count). The number of aryl methyl sites for hydroxylation is 1. The lowest BCUT2D eigenvalue weighted by Gasteiger charge is -2.24. The first-order valence-electron chi connectivity index (χ1n) is 6.99. The number of hydrogen-bond acceptors (Lipinski definition) is 2. The Hall–Kier alpha value is -2.42. The lowest BCUT2D eigenvalue weighted by atomic mass is 10.1. The van der Waals surface area contributed by atoms with E-state index in [9.17, 15) is 4.79 Å². The van der Waals surface area contributed by atoms with Crippen molar-refractivity contribution >= 4 is 12.0 Å². The van der Waals surface area contributed by atoms with Crippen LogP contribution in [0.2, 0.25) is 0 Å². The minimum atomic E-state index is -0.0140. The van der Waals surface area contributed by atoms with Crippen LogP contribution in [0.25, 0.3) is 6.08 Å². The average molecular weight is 280 g/mol. The van der Waals surface area contributed by atoms with E-state index >= 15 is 0 Å². The normalized spacial score (nSPS) is 12.3.